The van der Waals surface area contributed by atoms with Gasteiger partial charge in [0.25, 0.3) is 11.8 Å². The molecule has 1 aliphatic rings. The van der Waals surface area contributed by atoms with E-state index in [9.17, 15) is 9.59 Å². The van der Waals surface area contributed by atoms with Gasteiger partial charge in [0.05, 0.1) is 16.3 Å². The number of carbonyl (C=O) groups is 2. The fourth-order valence-electron chi connectivity index (χ4n) is 5.69. The number of nitrogens with one attached hydrogen (secondary N) is 1. The first-order chi connectivity index (χ1) is 20.8. The van der Waals surface area contributed by atoms with Gasteiger partial charge in [-0.1, -0.05) is 48.8 Å². The summed E-state index contributed by atoms with van der Waals surface area (Å²) in [6, 6.07) is 20.3. The van der Waals surface area contributed by atoms with E-state index in [-0.39, 0.29) is 29.6 Å². The average Bonchev–Trinajstić information content (AvgIpc) is 3.72. The molecule has 2 aromatic carbocycles. The molecular formula is C34H41N5O3S. The van der Waals surface area contributed by atoms with Crippen LogP contribution in [-0.2, 0) is 6.54 Å². The third-order valence-electron chi connectivity index (χ3n) is 8.15. The summed E-state index contributed by atoms with van der Waals surface area (Å²) in [7, 11) is 2.04. The van der Waals surface area contributed by atoms with Crippen LogP contribution in [0.4, 0.5) is 11.4 Å². The van der Waals surface area contributed by atoms with Crippen molar-refractivity contribution in [1.29, 1.82) is 0 Å². The molecular weight excluding hydrogens is 558 g/mol. The summed E-state index contributed by atoms with van der Waals surface area (Å²) in [6.07, 6.45) is 5.82. The highest BCUT2D eigenvalue weighted by atomic mass is 32.1. The van der Waals surface area contributed by atoms with Crippen LogP contribution in [-0.4, -0.2) is 47.5 Å². The third kappa shape index (κ3) is 7.53. The van der Waals surface area contributed by atoms with Gasteiger partial charge in [0.15, 0.2) is 5.69 Å². The molecule has 2 amide bonds. The molecule has 8 nitrogen and oxygen atoms in total. The molecule has 0 atom stereocenters. The molecule has 0 unspecified atom stereocenters. The Labute approximate surface area is 257 Å². The quantitative estimate of drug-likeness (QED) is 0.190. The van der Waals surface area contributed by atoms with Gasteiger partial charge in [-0.05, 0) is 85.4 Å². The maximum Gasteiger partial charge on any atom is 0.277 e. The smallest absolute Gasteiger partial charge is 0.277 e. The largest absolute Gasteiger partial charge is 0.373 e. The summed E-state index contributed by atoms with van der Waals surface area (Å²) in [6.45, 7) is 5.33. The van der Waals surface area contributed by atoms with Crippen LogP contribution in [0.5, 0.6) is 0 Å². The Morgan fingerprint density at radius 2 is 1.84 bits per heavy atom. The van der Waals surface area contributed by atoms with Gasteiger partial charge in [0.1, 0.15) is 5.76 Å². The van der Waals surface area contributed by atoms with E-state index in [1.807, 2.05) is 41.6 Å². The van der Waals surface area contributed by atoms with E-state index in [0.29, 0.717) is 18.0 Å². The highest BCUT2D eigenvalue weighted by Crippen LogP contribution is 2.33. The van der Waals surface area contributed by atoms with Crippen LogP contribution in [0.3, 0.4) is 0 Å². The second-order valence-corrected chi connectivity index (χ2v) is 12.4. The number of aromatic nitrogens is 1. The highest BCUT2D eigenvalue weighted by molar-refractivity contribution is 7.12. The molecule has 0 aliphatic heterocycles. The number of rotatable bonds is 11. The molecule has 4 aromatic rings. The van der Waals surface area contributed by atoms with Gasteiger partial charge in [-0.25, -0.2) is 0 Å². The number of hydrogen-bond acceptors (Lipinski definition) is 7. The molecule has 43 heavy (non-hydrogen) atoms. The second-order valence-electron chi connectivity index (χ2n) is 11.5. The SMILES string of the molecule is CCCCN(C)c1ccc(-c2cccc(CN(C(=O)c3cccs3)C3CCC(N)CC3)c2)cc1NC(=O)c1cc(C)on1. The Bertz CT molecular complexity index is 1520. The van der Waals surface area contributed by atoms with Crippen LogP contribution >= 0.6 is 11.3 Å². The average molecular weight is 600 g/mol. The number of amides is 2. The molecule has 226 valence electrons. The Morgan fingerprint density at radius 3 is 2.53 bits per heavy atom. The predicted molar refractivity (Wildman–Crippen MR) is 174 cm³/mol. The van der Waals surface area contributed by atoms with Crippen molar-refractivity contribution < 1.29 is 14.1 Å². The molecule has 1 saturated carbocycles. The van der Waals surface area contributed by atoms with Crippen LogP contribution in [0.15, 0.2) is 70.6 Å². The predicted octanol–water partition coefficient (Wildman–Crippen LogP) is 7.11. The zero-order chi connectivity index (χ0) is 30.3. The first-order valence-electron chi connectivity index (χ1n) is 15.1. The zero-order valence-electron chi connectivity index (χ0n) is 25.2. The summed E-state index contributed by atoms with van der Waals surface area (Å²) >= 11 is 1.48. The van der Waals surface area contributed by atoms with Crippen molar-refractivity contribution in [1.82, 2.24) is 10.1 Å². The maximum atomic E-state index is 13.6. The fourth-order valence-corrected chi connectivity index (χ4v) is 6.37. The lowest BCUT2D eigenvalue weighted by Crippen LogP contribution is -2.43. The minimum atomic E-state index is -0.317. The second kappa shape index (κ2) is 14.0. The number of nitrogens with two attached hydrogens (primary N) is 1. The van der Waals surface area contributed by atoms with Gasteiger partial charge in [0, 0.05) is 38.3 Å². The van der Waals surface area contributed by atoms with Crippen molar-refractivity contribution >= 4 is 34.5 Å². The summed E-state index contributed by atoms with van der Waals surface area (Å²) in [5.41, 5.74) is 11.1. The van der Waals surface area contributed by atoms with E-state index >= 15 is 0 Å². The van der Waals surface area contributed by atoms with E-state index in [0.717, 1.165) is 72.3 Å². The number of nitrogens with zero attached hydrogens (tertiary/aromatic N) is 3. The van der Waals surface area contributed by atoms with Gasteiger partial charge in [0.2, 0.25) is 0 Å². The van der Waals surface area contributed by atoms with Crippen molar-refractivity contribution in [3.8, 4) is 11.1 Å². The van der Waals surface area contributed by atoms with Crippen LogP contribution in [0.1, 0.15) is 76.9 Å². The third-order valence-corrected chi connectivity index (χ3v) is 9.01. The number of anilines is 2. The number of benzene rings is 2. The Morgan fingerprint density at radius 1 is 1.05 bits per heavy atom. The number of thiophene rings is 1. The molecule has 5 rings (SSSR count). The summed E-state index contributed by atoms with van der Waals surface area (Å²) in [5.74, 6) is 0.343. The molecule has 1 fully saturated rings. The maximum absolute atomic E-state index is 13.6. The van der Waals surface area contributed by atoms with E-state index in [2.05, 4.69) is 52.6 Å². The van der Waals surface area contributed by atoms with Crippen LogP contribution in [0.2, 0.25) is 0 Å². The van der Waals surface area contributed by atoms with Crippen LogP contribution in [0, 0.1) is 6.92 Å². The molecule has 0 radical (unpaired) electrons. The topological polar surface area (TPSA) is 105 Å². The molecule has 2 aromatic heterocycles. The molecule has 0 spiro atoms. The molecule has 3 N–H and O–H groups in total. The first kappa shape index (κ1) is 30.5. The van der Waals surface area contributed by atoms with Gasteiger partial charge < -0.3 is 25.4 Å². The van der Waals surface area contributed by atoms with Crippen molar-refractivity contribution in [2.45, 2.75) is 71.0 Å². The lowest BCUT2D eigenvalue weighted by atomic mass is 9.90. The summed E-state index contributed by atoms with van der Waals surface area (Å²) in [4.78, 5) is 31.7. The minimum Gasteiger partial charge on any atom is -0.373 e. The van der Waals surface area contributed by atoms with E-state index < -0.39 is 0 Å². The highest BCUT2D eigenvalue weighted by Gasteiger charge is 2.29. The lowest BCUT2D eigenvalue weighted by molar-refractivity contribution is 0.0611. The summed E-state index contributed by atoms with van der Waals surface area (Å²) < 4.78 is 5.13. The number of hydrogen-bond donors (Lipinski definition) is 2. The van der Waals surface area contributed by atoms with Crippen LogP contribution in [0.25, 0.3) is 11.1 Å². The molecule has 9 heteroatoms. The van der Waals surface area contributed by atoms with E-state index in [1.54, 1.807) is 13.0 Å². The standard InChI is InChI=1S/C34H41N5O3S/c1-4-5-17-38(3)31-16-11-26(21-29(31)36-33(40)30-19-23(2)42-37-30)25-9-6-8-24(20-25)22-39(28-14-12-27(35)13-15-28)34(41)32-10-7-18-43-32/h6-11,16,18-21,27-28H,4-5,12-15,17,22,35H2,1-3H3,(H,36,40). The fraction of sp³-hybridized carbons (Fsp3) is 0.382. The number of unbranched alkanes of at least 4 members (excludes halogenated alkanes) is 1. The van der Waals surface area contributed by atoms with E-state index in [1.165, 1.54) is 11.3 Å². The minimum absolute atomic E-state index is 0.0773. The van der Waals surface area contributed by atoms with Gasteiger partial charge in [-0.15, -0.1) is 11.3 Å². The Hall–Kier alpha value is -3.95. The monoisotopic (exact) mass is 599 g/mol. The Balaban J connectivity index is 1.43. The van der Waals surface area contributed by atoms with Gasteiger partial charge >= 0.3 is 0 Å². The molecule has 2 heterocycles. The molecule has 1 aliphatic carbocycles. The van der Waals surface area contributed by atoms with Crippen molar-refractivity contribution in [2.24, 2.45) is 5.73 Å². The zero-order valence-corrected chi connectivity index (χ0v) is 26.0. The summed E-state index contributed by atoms with van der Waals surface area (Å²) in [5, 5.41) is 8.91. The van der Waals surface area contributed by atoms with Gasteiger partial charge in [-0.2, -0.15) is 0 Å². The van der Waals surface area contributed by atoms with Crippen LogP contribution < -0.4 is 16.0 Å². The van der Waals surface area contributed by atoms with Crippen molar-refractivity contribution in [3.05, 3.63) is 87.9 Å². The van der Waals surface area contributed by atoms with Gasteiger partial charge in [-0.3, -0.25) is 9.59 Å². The Kier molecular flexibility index (Phi) is 9.94. The normalized spacial score (nSPS) is 16.6. The van der Waals surface area contributed by atoms with E-state index in [4.69, 9.17) is 10.3 Å². The lowest BCUT2D eigenvalue weighted by Gasteiger charge is -2.36. The number of aryl methyl sites for hydroxylation is 1. The van der Waals surface area contributed by atoms with Crippen molar-refractivity contribution in [2.75, 3.05) is 23.8 Å². The first-order valence-corrected chi connectivity index (χ1v) is 16.0. The molecule has 0 saturated heterocycles. The molecule has 0 bridgehead atoms. The van der Waals surface area contributed by atoms with Crippen molar-refractivity contribution in [3.63, 3.8) is 0 Å². The number of carbonyl (C=O) groups excluding carboxylic acids is 2.